The molecule has 0 N–H and O–H groups in total. The summed E-state index contributed by atoms with van der Waals surface area (Å²) in [4.78, 5) is 4.22. The molecule has 0 unspecified atom stereocenters. The highest BCUT2D eigenvalue weighted by atomic mass is 16.3. The number of fused-ring (bicyclic) bond motifs is 1. The first-order valence-corrected chi connectivity index (χ1v) is 5.15. The third-order valence-corrected chi connectivity index (χ3v) is 1.97. The molecule has 0 spiro atoms. The fourth-order valence-corrected chi connectivity index (χ4v) is 1.30. The van der Waals surface area contributed by atoms with Crippen LogP contribution in [0.4, 0.5) is 0 Å². The van der Waals surface area contributed by atoms with E-state index in [-0.39, 0.29) is 0 Å². The number of rotatable bonds is 1. The average molecular weight is 191 g/mol. The summed E-state index contributed by atoms with van der Waals surface area (Å²) < 4.78 is 5.40. The topological polar surface area (TPSA) is 26.0 Å². The van der Waals surface area contributed by atoms with Crippen LogP contribution in [0.2, 0.25) is 0 Å². The molecule has 2 nitrogen and oxygen atoms in total. The molecule has 0 amide bonds. The smallest absolute Gasteiger partial charge is 0.192 e. The summed E-state index contributed by atoms with van der Waals surface area (Å²) in [7, 11) is 0. The summed E-state index contributed by atoms with van der Waals surface area (Å²) in [6.45, 7) is 8.00. The monoisotopic (exact) mass is 191 g/mol. The summed E-state index contributed by atoms with van der Waals surface area (Å²) >= 11 is 0. The van der Waals surface area contributed by atoms with Gasteiger partial charge in [-0.1, -0.05) is 26.8 Å². The molecule has 14 heavy (non-hydrogen) atoms. The molecular weight excluding hydrogens is 174 g/mol. The molecule has 0 aliphatic heterocycles. The highest BCUT2D eigenvalue weighted by molar-refractivity contribution is 5.73. The first-order valence-electron chi connectivity index (χ1n) is 5.15. The van der Waals surface area contributed by atoms with Gasteiger partial charge in [0.05, 0.1) is 0 Å². The molecule has 2 rings (SSSR count). The quantitative estimate of drug-likeness (QED) is 0.686. The first kappa shape index (κ1) is 10.8. The van der Waals surface area contributed by atoms with E-state index >= 15 is 0 Å². The zero-order valence-corrected chi connectivity index (χ0v) is 9.29. The lowest BCUT2D eigenvalue weighted by molar-refractivity contribution is 0.561. The van der Waals surface area contributed by atoms with E-state index in [2.05, 4.69) is 24.0 Å². The number of oxazole rings is 1. The van der Waals surface area contributed by atoms with E-state index in [1.165, 1.54) is 5.56 Å². The summed E-state index contributed by atoms with van der Waals surface area (Å²) in [5.74, 6) is 0.734. The first-order chi connectivity index (χ1) is 6.79. The van der Waals surface area contributed by atoms with Gasteiger partial charge in [-0.15, -0.1) is 0 Å². The van der Waals surface area contributed by atoms with Crippen molar-refractivity contribution in [1.82, 2.24) is 4.98 Å². The molecule has 1 heterocycles. The van der Waals surface area contributed by atoms with Crippen LogP contribution in [0.3, 0.4) is 0 Å². The molecule has 0 aliphatic rings. The number of hydrogen-bond acceptors (Lipinski definition) is 2. The largest absolute Gasteiger partial charge is 0.441 e. The summed E-state index contributed by atoms with van der Waals surface area (Å²) in [6, 6.07) is 6.14. The van der Waals surface area contributed by atoms with E-state index in [1.54, 1.807) is 0 Å². The van der Waals surface area contributed by atoms with Crippen molar-refractivity contribution in [2.75, 3.05) is 0 Å². The van der Waals surface area contributed by atoms with Gasteiger partial charge in [0.25, 0.3) is 0 Å². The maximum atomic E-state index is 5.40. The van der Waals surface area contributed by atoms with Crippen molar-refractivity contribution in [1.29, 1.82) is 0 Å². The zero-order chi connectivity index (χ0) is 10.6. The van der Waals surface area contributed by atoms with Crippen LogP contribution in [-0.4, -0.2) is 4.98 Å². The van der Waals surface area contributed by atoms with Crippen molar-refractivity contribution in [3.63, 3.8) is 0 Å². The predicted molar refractivity (Wildman–Crippen MR) is 59.5 cm³/mol. The molecule has 0 aliphatic carbocycles. The Morgan fingerprint density at radius 3 is 2.64 bits per heavy atom. The van der Waals surface area contributed by atoms with Gasteiger partial charge in [-0.25, -0.2) is 4.98 Å². The lowest BCUT2D eigenvalue weighted by atomic mass is 10.1. The Hall–Kier alpha value is -1.31. The second-order valence-corrected chi connectivity index (χ2v) is 2.89. The number of nitrogens with zero attached hydrogens (tertiary/aromatic N) is 1. The Kier molecular flexibility index (Phi) is 3.69. The Morgan fingerprint density at radius 1 is 1.29 bits per heavy atom. The van der Waals surface area contributed by atoms with Gasteiger partial charge in [0.15, 0.2) is 11.5 Å². The molecule has 76 valence electrons. The molecule has 1 aromatic heterocycles. The van der Waals surface area contributed by atoms with Crippen molar-refractivity contribution in [3.8, 4) is 0 Å². The van der Waals surface area contributed by atoms with Crippen molar-refractivity contribution < 1.29 is 4.42 Å². The molecule has 0 radical (unpaired) electrons. The SMILES string of the molecule is CC.CCc1ccc2nc(C)oc2c1. The molecule has 0 saturated heterocycles. The standard InChI is InChI=1S/C10H11NO.C2H6/c1-3-8-4-5-9-10(6-8)12-7(2)11-9;1-2/h4-6H,3H2,1-2H3;1-2H3. The molecule has 2 aromatic rings. The third-order valence-electron chi connectivity index (χ3n) is 1.97. The molecule has 2 heteroatoms. The second-order valence-electron chi connectivity index (χ2n) is 2.89. The fraction of sp³-hybridized carbons (Fsp3) is 0.417. The van der Waals surface area contributed by atoms with E-state index in [9.17, 15) is 0 Å². The van der Waals surface area contributed by atoms with Crippen LogP contribution in [0, 0.1) is 6.92 Å². The normalized spacial score (nSPS) is 9.71. The lowest BCUT2D eigenvalue weighted by Gasteiger charge is -1.92. The van der Waals surface area contributed by atoms with Gasteiger partial charge in [0, 0.05) is 6.92 Å². The minimum atomic E-state index is 0.734. The molecule has 0 fully saturated rings. The van der Waals surface area contributed by atoms with Gasteiger partial charge in [-0.3, -0.25) is 0 Å². The van der Waals surface area contributed by atoms with E-state index in [0.29, 0.717) is 0 Å². The number of hydrogen-bond donors (Lipinski definition) is 0. The van der Waals surface area contributed by atoms with Crippen LogP contribution >= 0.6 is 0 Å². The van der Waals surface area contributed by atoms with Gasteiger partial charge < -0.3 is 4.42 Å². The molecule has 0 bridgehead atoms. The van der Waals surface area contributed by atoms with Crippen LogP contribution in [0.1, 0.15) is 32.2 Å². The molecule has 0 atom stereocenters. The predicted octanol–water partition coefficient (Wildman–Crippen LogP) is 3.72. The van der Waals surface area contributed by atoms with Crippen molar-refractivity contribution >= 4 is 11.1 Å². The van der Waals surface area contributed by atoms with Gasteiger partial charge >= 0.3 is 0 Å². The summed E-state index contributed by atoms with van der Waals surface area (Å²) in [5, 5.41) is 0. The Bertz CT molecular complexity index is 404. The van der Waals surface area contributed by atoms with E-state index in [1.807, 2.05) is 26.8 Å². The fourth-order valence-electron chi connectivity index (χ4n) is 1.30. The highest BCUT2D eigenvalue weighted by Crippen LogP contribution is 2.16. The summed E-state index contributed by atoms with van der Waals surface area (Å²) in [5.41, 5.74) is 3.13. The minimum absolute atomic E-state index is 0.734. The second kappa shape index (κ2) is 4.80. The minimum Gasteiger partial charge on any atom is -0.441 e. The molecular formula is C12H17NO. The Labute approximate surface area is 85.0 Å². The van der Waals surface area contributed by atoms with Gasteiger partial charge in [0.2, 0.25) is 0 Å². The number of aromatic nitrogens is 1. The van der Waals surface area contributed by atoms with Crippen LogP contribution < -0.4 is 0 Å². The maximum Gasteiger partial charge on any atom is 0.192 e. The van der Waals surface area contributed by atoms with E-state index < -0.39 is 0 Å². The Balaban J connectivity index is 0.000000461. The average Bonchev–Trinajstić information content (AvgIpc) is 2.59. The summed E-state index contributed by atoms with van der Waals surface area (Å²) in [6.07, 6.45) is 1.04. The van der Waals surface area contributed by atoms with E-state index in [0.717, 1.165) is 23.4 Å². The van der Waals surface area contributed by atoms with Gasteiger partial charge in [-0.05, 0) is 24.1 Å². The van der Waals surface area contributed by atoms with Crippen molar-refractivity contribution in [3.05, 3.63) is 29.7 Å². The zero-order valence-electron chi connectivity index (χ0n) is 9.29. The van der Waals surface area contributed by atoms with Crippen LogP contribution in [-0.2, 0) is 6.42 Å². The maximum absolute atomic E-state index is 5.40. The van der Waals surface area contributed by atoms with Crippen LogP contribution in [0.15, 0.2) is 22.6 Å². The number of benzene rings is 1. The van der Waals surface area contributed by atoms with Crippen molar-refractivity contribution in [2.45, 2.75) is 34.1 Å². The van der Waals surface area contributed by atoms with E-state index in [4.69, 9.17) is 4.42 Å². The Morgan fingerprint density at radius 2 is 2.00 bits per heavy atom. The van der Waals surface area contributed by atoms with Crippen LogP contribution in [0.5, 0.6) is 0 Å². The number of aryl methyl sites for hydroxylation is 2. The molecule has 1 aromatic carbocycles. The molecule has 0 saturated carbocycles. The third kappa shape index (κ3) is 2.13. The van der Waals surface area contributed by atoms with Crippen LogP contribution in [0.25, 0.3) is 11.1 Å². The van der Waals surface area contributed by atoms with Gasteiger partial charge in [0.1, 0.15) is 5.52 Å². The van der Waals surface area contributed by atoms with Gasteiger partial charge in [-0.2, -0.15) is 0 Å². The highest BCUT2D eigenvalue weighted by Gasteiger charge is 2.01. The van der Waals surface area contributed by atoms with Crippen molar-refractivity contribution in [2.24, 2.45) is 0 Å². The lowest BCUT2D eigenvalue weighted by Crippen LogP contribution is -1.77.